The standard InChI is InChI=1S/C13H17FO2/c1-5-16-12(15)13(3,4)10-6-7-11(14)9(2)8-10/h6-8H,5H2,1-4H3. The van der Waals surface area contributed by atoms with Crippen molar-refractivity contribution in [1.82, 2.24) is 0 Å². The molecule has 1 aromatic rings. The van der Waals surface area contributed by atoms with Gasteiger partial charge in [-0.3, -0.25) is 4.79 Å². The van der Waals surface area contributed by atoms with E-state index >= 15 is 0 Å². The van der Waals surface area contributed by atoms with Gasteiger partial charge in [0.2, 0.25) is 0 Å². The molecule has 3 heteroatoms. The number of halogens is 1. The van der Waals surface area contributed by atoms with Crippen LogP contribution >= 0.6 is 0 Å². The zero-order valence-corrected chi connectivity index (χ0v) is 10.1. The van der Waals surface area contributed by atoms with Crippen LogP contribution in [0.1, 0.15) is 31.9 Å². The Balaban J connectivity index is 3.06. The summed E-state index contributed by atoms with van der Waals surface area (Å²) in [5, 5.41) is 0. The summed E-state index contributed by atoms with van der Waals surface area (Å²) in [6.07, 6.45) is 0. The van der Waals surface area contributed by atoms with Crippen LogP contribution in [0.4, 0.5) is 4.39 Å². The number of rotatable bonds is 3. The fourth-order valence-corrected chi connectivity index (χ4v) is 1.46. The van der Waals surface area contributed by atoms with Crippen molar-refractivity contribution in [2.24, 2.45) is 0 Å². The highest BCUT2D eigenvalue weighted by Crippen LogP contribution is 2.26. The molecule has 1 aromatic carbocycles. The van der Waals surface area contributed by atoms with Crippen LogP contribution < -0.4 is 0 Å². The molecule has 0 radical (unpaired) electrons. The van der Waals surface area contributed by atoms with Gasteiger partial charge in [0.25, 0.3) is 0 Å². The smallest absolute Gasteiger partial charge is 0.315 e. The summed E-state index contributed by atoms with van der Waals surface area (Å²) in [5.74, 6) is -0.551. The monoisotopic (exact) mass is 224 g/mol. The van der Waals surface area contributed by atoms with Gasteiger partial charge in [0.15, 0.2) is 0 Å². The average molecular weight is 224 g/mol. The van der Waals surface area contributed by atoms with Gasteiger partial charge >= 0.3 is 5.97 Å². The van der Waals surface area contributed by atoms with Crippen molar-refractivity contribution in [1.29, 1.82) is 0 Å². The van der Waals surface area contributed by atoms with E-state index in [4.69, 9.17) is 4.74 Å². The summed E-state index contributed by atoms with van der Waals surface area (Å²) < 4.78 is 18.1. The molecule has 2 nitrogen and oxygen atoms in total. The molecule has 88 valence electrons. The lowest BCUT2D eigenvalue weighted by Crippen LogP contribution is -2.31. The Morgan fingerprint density at radius 3 is 2.56 bits per heavy atom. The largest absolute Gasteiger partial charge is 0.465 e. The van der Waals surface area contributed by atoms with Crippen molar-refractivity contribution in [2.45, 2.75) is 33.1 Å². The second-order valence-electron chi connectivity index (χ2n) is 4.31. The molecule has 0 aliphatic carbocycles. The summed E-state index contributed by atoms with van der Waals surface area (Å²) in [4.78, 5) is 11.7. The highest BCUT2D eigenvalue weighted by molar-refractivity contribution is 5.82. The van der Waals surface area contributed by atoms with E-state index in [9.17, 15) is 9.18 Å². The molecular formula is C13H17FO2. The Labute approximate surface area is 95.4 Å². The Hall–Kier alpha value is -1.38. The highest BCUT2D eigenvalue weighted by atomic mass is 19.1. The third-order valence-electron chi connectivity index (χ3n) is 2.67. The van der Waals surface area contributed by atoms with Crippen LogP contribution in [0.15, 0.2) is 18.2 Å². The number of benzene rings is 1. The second-order valence-corrected chi connectivity index (χ2v) is 4.31. The van der Waals surface area contributed by atoms with Gasteiger partial charge in [-0.1, -0.05) is 12.1 Å². The lowest BCUT2D eigenvalue weighted by molar-refractivity contribution is -0.148. The van der Waals surface area contributed by atoms with E-state index in [0.29, 0.717) is 12.2 Å². The molecule has 1 rings (SSSR count). The van der Waals surface area contributed by atoms with Crippen molar-refractivity contribution in [3.63, 3.8) is 0 Å². The van der Waals surface area contributed by atoms with Crippen molar-refractivity contribution in [3.8, 4) is 0 Å². The molecule has 0 fully saturated rings. The first-order valence-corrected chi connectivity index (χ1v) is 5.33. The Morgan fingerprint density at radius 1 is 1.44 bits per heavy atom. The number of esters is 1. The molecule has 0 N–H and O–H groups in total. The van der Waals surface area contributed by atoms with E-state index in [0.717, 1.165) is 5.56 Å². The fourth-order valence-electron chi connectivity index (χ4n) is 1.46. The van der Waals surface area contributed by atoms with E-state index in [1.807, 2.05) is 0 Å². The molecule has 0 saturated carbocycles. The minimum absolute atomic E-state index is 0.261. The third-order valence-corrected chi connectivity index (χ3v) is 2.67. The lowest BCUT2D eigenvalue weighted by atomic mass is 9.84. The van der Waals surface area contributed by atoms with Gasteiger partial charge in [0, 0.05) is 0 Å². The molecule has 0 spiro atoms. The number of hydrogen-bond acceptors (Lipinski definition) is 2. The Kier molecular flexibility index (Phi) is 3.68. The van der Waals surface area contributed by atoms with Gasteiger partial charge in [-0.15, -0.1) is 0 Å². The average Bonchev–Trinajstić information content (AvgIpc) is 2.22. The normalized spacial score (nSPS) is 11.3. The summed E-state index contributed by atoms with van der Waals surface area (Å²) in [5.41, 5.74) is 0.564. The van der Waals surface area contributed by atoms with E-state index < -0.39 is 5.41 Å². The fraction of sp³-hybridized carbons (Fsp3) is 0.462. The van der Waals surface area contributed by atoms with Gasteiger partial charge in [-0.25, -0.2) is 4.39 Å². The maximum atomic E-state index is 13.1. The zero-order chi connectivity index (χ0) is 12.3. The van der Waals surface area contributed by atoms with E-state index in [-0.39, 0.29) is 11.8 Å². The molecule has 16 heavy (non-hydrogen) atoms. The van der Waals surface area contributed by atoms with Gasteiger partial charge in [-0.2, -0.15) is 0 Å². The molecule has 0 heterocycles. The van der Waals surface area contributed by atoms with Crippen LogP contribution in [-0.2, 0) is 14.9 Å². The molecule has 0 aliphatic rings. The van der Waals surface area contributed by atoms with E-state index in [2.05, 4.69) is 0 Å². The van der Waals surface area contributed by atoms with E-state index in [1.165, 1.54) is 6.07 Å². The van der Waals surface area contributed by atoms with Gasteiger partial charge in [-0.05, 0) is 44.9 Å². The molecule has 0 amide bonds. The summed E-state index contributed by atoms with van der Waals surface area (Å²) in [6.45, 7) is 7.35. The minimum Gasteiger partial charge on any atom is -0.465 e. The van der Waals surface area contributed by atoms with Gasteiger partial charge in [0.1, 0.15) is 5.82 Å². The topological polar surface area (TPSA) is 26.3 Å². The van der Waals surface area contributed by atoms with Crippen LogP contribution in [0, 0.1) is 12.7 Å². The van der Waals surface area contributed by atoms with Crippen molar-refractivity contribution >= 4 is 5.97 Å². The highest BCUT2D eigenvalue weighted by Gasteiger charge is 2.31. The number of aryl methyl sites for hydroxylation is 1. The van der Waals surface area contributed by atoms with Crippen LogP contribution in [0.25, 0.3) is 0 Å². The number of hydrogen-bond donors (Lipinski definition) is 0. The van der Waals surface area contributed by atoms with Crippen LogP contribution in [0.2, 0.25) is 0 Å². The van der Waals surface area contributed by atoms with Crippen LogP contribution in [-0.4, -0.2) is 12.6 Å². The van der Waals surface area contributed by atoms with Gasteiger partial charge in [0.05, 0.1) is 12.0 Å². The van der Waals surface area contributed by atoms with Crippen LogP contribution in [0.5, 0.6) is 0 Å². The number of carbonyl (C=O) groups is 1. The SMILES string of the molecule is CCOC(=O)C(C)(C)c1ccc(F)c(C)c1. The number of carbonyl (C=O) groups excluding carboxylic acids is 1. The number of ether oxygens (including phenoxy) is 1. The maximum absolute atomic E-state index is 13.1. The predicted molar refractivity (Wildman–Crippen MR) is 60.8 cm³/mol. The predicted octanol–water partition coefficient (Wildman–Crippen LogP) is 2.97. The molecule has 0 aliphatic heterocycles. The first kappa shape index (κ1) is 12.7. The molecule has 0 bridgehead atoms. The summed E-state index contributed by atoms with van der Waals surface area (Å²) in [7, 11) is 0. The van der Waals surface area contributed by atoms with Gasteiger partial charge < -0.3 is 4.74 Å². The maximum Gasteiger partial charge on any atom is 0.315 e. The van der Waals surface area contributed by atoms with Crippen LogP contribution in [0.3, 0.4) is 0 Å². The summed E-state index contributed by atoms with van der Waals surface area (Å²) >= 11 is 0. The molecule has 0 aromatic heterocycles. The minimum atomic E-state index is -0.742. The molecule has 0 atom stereocenters. The van der Waals surface area contributed by atoms with Crippen molar-refractivity contribution < 1.29 is 13.9 Å². The third kappa shape index (κ3) is 2.40. The van der Waals surface area contributed by atoms with Crippen molar-refractivity contribution in [3.05, 3.63) is 35.1 Å². The molecule has 0 saturated heterocycles. The Morgan fingerprint density at radius 2 is 2.06 bits per heavy atom. The van der Waals surface area contributed by atoms with Crippen molar-refractivity contribution in [2.75, 3.05) is 6.61 Å². The lowest BCUT2D eigenvalue weighted by Gasteiger charge is -2.23. The molecule has 0 unspecified atom stereocenters. The van der Waals surface area contributed by atoms with E-state index in [1.54, 1.807) is 39.8 Å². The summed E-state index contributed by atoms with van der Waals surface area (Å²) in [6, 6.07) is 4.69. The first-order chi connectivity index (χ1) is 7.39. The molecular weight excluding hydrogens is 207 g/mol. The zero-order valence-electron chi connectivity index (χ0n) is 10.1. The second kappa shape index (κ2) is 4.64. The Bertz CT molecular complexity index is 397. The quantitative estimate of drug-likeness (QED) is 0.738. The first-order valence-electron chi connectivity index (χ1n) is 5.33.